The molecule has 0 aliphatic rings. The van der Waals surface area contributed by atoms with Crippen molar-refractivity contribution >= 4 is 73.5 Å². The Balaban J connectivity index is 2.28. The number of anilines is 2. The van der Waals surface area contributed by atoms with Crippen LogP contribution in [0.2, 0.25) is 20.1 Å². The summed E-state index contributed by atoms with van der Waals surface area (Å²) in [5.74, 6) is -2.03. The van der Waals surface area contributed by atoms with Crippen molar-refractivity contribution in [2.24, 2.45) is 5.73 Å². The zero-order chi connectivity index (χ0) is 32.8. The molecule has 0 unspecified atom stereocenters. The highest BCUT2D eigenvalue weighted by Crippen LogP contribution is 2.41. The second kappa shape index (κ2) is 11.7. The van der Waals surface area contributed by atoms with E-state index in [0.29, 0.717) is 28.9 Å². The van der Waals surface area contributed by atoms with E-state index >= 15 is 0 Å². The van der Waals surface area contributed by atoms with E-state index < -0.39 is 97.6 Å². The van der Waals surface area contributed by atoms with Crippen molar-refractivity contribution in [2.45, 2.75) is 17.2 Å². The molecule has 43 heavy (non-hydrogen) atoms. The maximum Gasteiger partial charge on any atom is 0.416 e. The van der Waals surface area contributed by atoms with Crippen molar-refractivity contribution in [2.75, 3.05) is 11.1 Å². The van der Waals surface area contributed by atoms with Gasteiger partial charge in [-0.3, -0.25) is 5.41 Å². The summed E-state index contributed by atoms with van der Waals surface area (Å²) < 4.78 is 107. The minimum atomic E-state index is -5.32. The van der Waals surface area contributed by atoms with Gasteiger partial charge in [0.15, 0.2) is 16.3 Å². The highest BCUT2D eigenvalue weighted by Gasteiger charge is 2.38. The highest BCUT2D eigenvalue weighted by molar-refractivity contribution is 7.96. The Kier molecular flexibility index (Phi) is 9.12. The van der Waals surface area contributed by atoms with E-state index in [0.717, 1.165) is 0 Å². The first-order chi connectivity index (χ1) is 19.7. The number of nitrogens with zero attached hydrogens (tertiary/aromatic N) is 4. The Morgan fingerprint density at radius 2 is 1.37 bits per heavy atom. The Bertz CT molecular complexity index is 1860. The first-order valence-corrected chi connectivity index (χ1v) is 13.6. The third kappa shape index (κ3) is 6.41. The molecule has 6 N–H and O–H groups in total. The van der Waals surface area contributed by atoms with E-state index in [2.05, 4.69) is 10.4 Å². The van der Waals surface area contributed by atoms with Crippen molar-refractivity contribution in [1.82, 2.24) is 9.78 Å². The number of benzene rings is 2. The van der Waals surface area contributed by atoms with Gasteiger partial charge in [0.25, 0.3) is 0 Å². The molecule has 1 aromatic heterocycles. The number of alkyl halides is 6. The summed E-state index contributed by atoms with van der Waals surface area (Å²) in [6, 6.07) is 4.34. The summed E-state index contributed by atoms with van der Waals surface area (Å²) in [4.78, 5) is -2.53. The molecular weight excluding hydrogens is 696 g/mol. The molecule has 0 bridgehead atoms. The number of hydrogen-bond donors (Lipinski definition) is 4. The summed E-state index contributed by atoms with van der Waals surface area (Å²) in [5.41, 5.74) is 5.75. The summed E-state index contributed by atoms with van der Waals surface area (Å²) >= 11 is 23.7. The van der Waals surface area contributed by atoms with Gasteiger partial charge in [-0.15, -0.1) is 0 Å². The molecule has 0 aliphatic heterocycles. The predicted molar refractivity (Wildman–Crippen MR) is 145 cm³/mol. The minimum Gasteiger partial charge on any atom is -0.384 e. The molecular formula is C22H10Cl4F6N8O2S. The maximum absolute atomic E-state index is 13.7. The Morgan fingerprint density at radius 3 is 1.77 bits per heavy atom. The van der Waals surface area contributed by atoms with E-state index in [1.54, 1.807) is 0 Å². The van der Waals surface area contributed by atoms with Gasteiger partial charge in [-0.25, -0.2) is 13.1 Å². The van der Waals surface area contributed by atoms with Gasteiger partial charge in [0.05, 0.1) is 36.9 Å². The van der Waals surface area contributed by atoms with Crippen molar-refractivity contribution in [3.63, 3.8) is 0 Å². The maximum atomic E-state index is 13.7. The summed E-state index contributed by atoms with van der Waals surface area (Å²) in [6.45, 7) is 0. The number of nitrogen functional groups attached to an aromatic ring is 1. The molecule has 3 aromatic rings. The number of halogens is 10. The van der Waals surface area contributed by atoms with E-state index in [9.17, 15) is 45.3 Å². The van der Waals surface area contributed by atoms with E-state index in [1.165, 1.54) is 12.1 Å². The molecule has 0 radical (unpaired) electrons. The van der Waals surface area contributed by atoms with E-state index in [4.69, 9.17) is 63.3 Å². The van der Waals surface area contributed by atoms with Crippen molar-refractivity contribution in [3.8, 4) is 17.8 Å². The van der Waals surface area contributed by atoms with Crippen LogP contribution in [-0.2, 0) is 22.2 Å². The third-order valence-electron chi connectivity index (χ3n) is 5.29. The van der Waals surface area contributed by atoms with E-state index in [-0.39, 0.29) is 0 Å². The molecule has 0 saturated carbocycles. The van der Waals surface area contributed by atoms with Gasteiger partial charge in [0.1, 0.15) is 34.4 Å². The van der Waals surface area contributed by atoms with Crippen LogP contribution in [0.15, 0.2) is 39.9 Å². The van der Waals surface area contributed by atoms with Crippen LogP contribution >= 0.6 is 46.4 Å². The fourth-order valence-corrected chi connectivity index (χ4v) is 6.26. The monoisotopic (exact) mass is 704 g/mol. The van der Waals surface area contributed by atoms with Crippen molar-refractivity contribution in [1.29, 1.82) is 15.9 Å². The number of nitriles is 2. The lowest BCUT2D eigenvalue weighted by atomic mass is 10.2. The smallest absolute Gasteiger partial charge is 0.384 e. The molecule has 0 atom stereocenters. The molecule has 10 nitrogen and oxygen atoms in total. The fourth-order valence-electron chi connectivity index (χ4n) is 3.47. The Labute approximate surface area is 257 Å². The van der Waals surface area contributed by atoms with Crippen LogP contribution in [0, 0.1) is 28.1 Å². The van der Waals surface area contributed by atoms with Gasteiger partial charge in [-0.2, -0.15) is 42.0 Å². The third-order valence-corrected chi connectivity index (χ3v) is 8.36. The summed E-state index contributed by atoms with van der Waals surface area (Å²) in [7, 11) is -5.32. The number of aromatic nitrogens is 2. The number of sulfone groups is 1. The summed E-state index contributed by atoms with van der Waals surface area (Å²) in [6.07, 6.45) is -9.75. The molecule has 0 aliphatic carbocycles. The van der Waals surface area contributed by atoms with Crippen LogP contribution in [0.1, 0.15) is 16.8 Å². The lowest BCUT2D eigenvalue weighted by molar-refractivity contribution is -0.138. The van der Waals surface area contributed by atoms with Gasteiger partial charge in [0.2, 0.25) is 9.84 Å². The second-order valence-electron chi connectivity index (χ2n) is 8.04. The van der Waals surface area contributed by atoms with Gasteiger partial charge >= 0.3 is 12.4 Å². The number of allylic oxidation sites excluding steroid dienone is 1. The molecule has 0 spiro atoms. The summed E-state index contributed by atoms with van der Waals surface area (Å²) in [5, 5.41) is 29.8. The van der Waals surface area contributed by atoms with Gasteiger partial charge in [0, 0.05) is 0 Å². The normalized spacial score (nSPS) is 12.7. The fraction of sp³-hybridized carbons (Fsp3) is 0.0909. The largest absolute Gasteiger partial charge is 0.416 e. The van der Waals surface area contributed by atoms with Crippen LogP contribution in [0.3, 0.4) is 0 Å². The molecule has 0 amide bonds. The van der Waals surface area contributed by atoms with Crippen LogP contribution in [0.25, 0.3) is 5.69 Å². The van der Waals surface area contributed by atoms with Crippen LogP contribution in [0.5, 0.6) is 0 Å². The number of rotatable bonds is 6. The number of nitrogens with two attached hydrogens (primary N) is 2. The highest BCUT2D eigenvalue weighted by atomic mass is 35.5. The van der Waals surface area contributed by atoms with Gasteiger partial charge < -0.3 is 16.8 Å². The Morgan fingerprint density at radius 1 is 0.930 bits per heavy atom. The standard InChI is InChI=1S/C22H10Cl4F6N8O2S/c23-9-1-7(21(27,28)29)2-10(24)15(9)38-19(36)17(13(35)5-33)43(41,42)18-14(6-34)39-40(20(18)37)16-11(25)3-8(4-12(16)26)22(30,31)32/h1-4,35,38H,36-37H2/b19-17+,35-13?. The molecule has 0 saturated heterocycles. The molecule has 1 heterocycles. The average molecular weight is 706 g/mol. The minimum absolute atomic E-state index is 0.431. The molecule has 3 rings (SSSR count). The number of hydrogen-bond acceptors (Lipinski definition) is 9. The molecule has 0 fully saturated rings. The van der Waals surface area contributed by atoms with Crippen LogP contribution in [-0.4, -0.2) is 23.9 Å². The molecule has 2 aromatic carbocycles. The molecule has 21 heteroatoms. The zero-order valence-corrected chi connectivity index (χ0v) is 24.1. The second-order valence-corrected chi connectivity index (χ2v) is 11.5. The lowest BCUT2D eigenvalue weighted by Gasteiger charge is -2.16. The lowest BCUT2D eigenvalue weighted by Crippen LogP contribution is -2.24. The first-order valence-electron chi connectivity index (χ1n) is 10.6. The van der Waals surface area contributed by atoms with Gasteiger partial charge in [-0.05, 0) is 24.3 Å². The first kappa shape index (κ1) is 33.6. The predicted octanol–water partition coefficient (Wildman–Crippen LogP) is 6.53. The topological polar surface area (TPSA) is 187 Å². The SMILES string of the molecule is N#CC(=N)/C(=C(/N)Nc1c(Cl)cc(C(F)(F)F)cc1Cl)S(=O)(=O)c1c(C#N)nn(-c2c(Cl)cc(C(F)(F)F)cc2Cl)c1N. The van der Waals surface area contributed by atoms with Crippen LogP contribution < -0.4 is 16.8 Å². The molecule has 226 valence electrons. The van der Waals surface area contributed by atoms with Crippen molar-refractivity contribution < 1.29 is 34.8 Å². The van der Waals surface area contributed by atoms with Crippen LogP contribution in [0.4, 0.5) is 37.8 Å². The van der Waals surface area contributed by atoms with Gasteiger partial charge in [-0.1, -0.05) is 46.4 Å². The number of nitrogens with one attached hydrogen (secondary N) is 2. The average Bonchev–Trinajstić information content (AvgIpc) is 3.20. The van der Waals surface area contributed by atoms with Crippen molar-refractivity contribution in [3.05, 3.63) is 71.9 Å². The Hall–Kier alpha value is -3.87. The quantitative estimate of drug-likeness (QED) is 0.164. The van der Waals surface area contributed by atoms with E-state index in [1.807, 2.05) is 0 Å². The zero-order valence-electron chi connectivity index (χ0n) is 20.3.